The molecule has 0 aliphatic carbocycles. The number of nitrogens with one attached hydrogen (secondary N) is 2. The maximum absolute atomic E-state index is 13.0. The molecule has 1 aromatic carbocycles. The molecule has 2 rings (SSSR count). The van der Waals surface area contributed by atoms with Crippen LogP contribution < -0.4 is 10.6 Å². The van der Waals surface area contributed by atoms with Crippen molar-refractivity contribution in [2.75, 3.05) is 11.9 Å². The van der Waals surface area contributed by atoms with Gasteiger partial charge in [0.15, 0.2) is 0 Å². The van der Waals surface area contributed by atoms with Crippen molar-refractivity contribution in [1.29, 1.82) is 0 Å². The molecule has 0 radical (unpaired) electrons. The van der Waals surface area contributed by atoms with Crippen LogP contribution in [0.5, 0.6) is 0 Å². The summed E-state index contributed by atoms with van der Waals surface area (Å²) in [5, 5.41) is 5.86. The highest BCUT2D eigenvalue weighted by Crippen LogP contribution is 2.17. The van der Waals surface area contributed by atoms with Crippen LogP contribution in [0.25, 0.3) is 0 Å². The quantitative estimate of drug-likeness (QED) is 0.854. The van der Waals surface area contributed by atoms with Gasteiger partial charge in [-0.15, -0.1) is 12.4 Å². The van der Waals surface area contributed by atoms with Gasteiger partial charge in [-0.25, -0.2) is 4.39 Å². The Morgan fingerprint density at radius 2 is 2.29 bits per heavy atom. The van der Waals surface area contributed by atoms with Gasteiger partial charge >= 0.3 is 0 Å². The Morgan fingerprint density at radius 3 is 2.94 bits per heavy atom. The van der Waals surface area contributed by atoms with Gasteiger partial charge in [-0.2, -0.15) is 0 Å². The number of hydrogen-bond donors (Lipinski definition) is 2. The first-order valence-electron chi connectivity index (χ1n) is 5.47. The zero-order valence-corrected chi connectivity index (χ0v) is 10.4. The topological polar surface area (TPSA) is 41.1 Å². The third-order valence-corrected chi connectivity index (χ3v) is 2.83. The lowest BCUT2D eigenvalue weighted by atomic mass is 10.1. The Balaban J connectivity index is 0.00000144. The maximum Gasteiger partial charge on any atom is 0.241 e. The van der Waals surface area contributed by atoms with Gasteiger partial charge in [0.05, 0.1) is 6.04 Å². The first-order chi connectivity index (χ1) is 7.66. The lowest BCUT2D eigenvalue weighted by molar-refractivity contribution is -0.117. The summed E-state index contributed by atoms with van der Waals surface area (Å²) in [6.45, 7) is 2.72. The number of carbonyl (C=O) groups excluding carboxylic acids is 1. The summed E-state index contributed by atoms with van der Waals surface area (Å²) in [6, 6.07) is 4.26. The molecule has 17 heavy (non-hydrogen) atoms. The Hall–Kier alpha value is -1.13. The van der Waals surface area contributed by atoms with E-state index in [0.29, 0.717) is 5.69 Å². The molecule has 94 valence electrons. The van der Waals surface area contributed by atoms with Gasteiger partial charge in [0, 0.05) is 5.69 Å². The Labute approximate surface area is 106 Å². The number of amides is 1. The summed E-state index contributed by atoms with van der Waals surface area (Å²) in [5.74, 6) is -0.411. The van der Waals surface area contributed by atoms with Crippen molar-refractivity contribution >= 4 is 24.0 Å². The standard InChI is InChI=1S/C12H15FN2O.ClH/c1-8-4-5-9(13)7-11(8)15-12(16)10-3-2-6-14-10;/h4-5,7,10,14H,2-3,6H2,1H3,(H,15,16);1H/t10-;/m0./s1. The van der Waals surface area contributed by atoms with Gasteiger partial charge < -0.3 is 10.6 Å². The third-order valence-electron chi connectivity index (χ3n) is 2.83. The largest absolute Gasteiger partial charge is 0.324 e. The molecule has 1 aromatic rings. The molecule has 1 amide bonds. The second-order valence-electron chi connectivity index (χ2n) is 4.10. The van der Waals surface area contributed by atoms with Crippen LogP contribution in [0.2, 0.25) is 0 Å². The molecule has 1 saturated heterocycles. The van der Waals surface area contributed by atoms with Crippen LogP contribution in [-0.4, -0.2) is 18.5 Å². The Bertz CT molecular complexity index is 405. The van der Waals surface area contributed by atoms with Gasteiger partial charge in [-0.05, 0) is 44.0 Å². The minimum atomic E-state index is -0.333. The van der Waals surface area contributed by atoms with Gasteiger partial charge in [-0.1, -0.05) is 6.07 Å². The molecule has 0 bridgehead atoms. The van der Waals surface area contributed by atoms with Crippen molar-refractivity contribution in [3.63, 3.8) is 0 Å². The van der Waals surface area contributed by atoms with E-state index in [-0.39, 0.29) is 30.2 Å². The van der Waals surface area contributed by atoms with Crippen molar-refractivity contribution in [1.82, 2.24) is 5.32 Å². The number of benzene rings is 1. The highest BCUT2D eigenvalue weighted by molar-refractivity contribution is 5.95. The molecule has 1 heterocycles. The van der Waals surface area contributed by atoms with Gasteiger partial charge in [0.1, 0.15) is 5.82 Å². The van der Waals surface area contributed by atoms with Crippen LogP contribution in [0, 0.1) is 12.7 Å². The summed E-state index contributed by atoms with van der Waals surface area (Å²) >= 11 is 0. The lowest BCUT2D eigenvalue weighted by Crippen LogP contribution is -2.35. The minimum absolute atomic E-state index is 0. The molecule has 0 spiro atoms. The van der Waals surface area contributed by atoms with Crippen molar-refractivity contribution < 1.29 is 9.18 Å². The van der Waals surface area contributed by atoms with Crippen LogP contribution in [0.1, 0.15) is 18.4 Å². The van der Waals surface area contributed by atoms with E-state index in [9.17, 15) is 9.18 Å². The molecule has 0 saturated carbocycles. The number of anilines is 1. The highest BCUT2D eigenvalue weighted by Gasteiger charge is 2.22. The molecule has 1 fully saturated rings. The molecule has 3 nitrogen and oxygen atoms in total. The minimum Gasteiger partial charge on any atom is -0.324 e. The van der Waals surface area contributed by atoms with Crippen molar-refractivity contribution in [2.24, 2.45) is 0 Å². The molecule has 0 aromatic heterocycles. The Morgan fingerprint density at radius 1 is 1.53 bits per heavy atom. The molecule has 1 aliphatic rings. The summed E-state index contributed by atoms with van der Waals surface area (Å²) in [5.41, 5.74) is 1.42. The average Bonchev–Trinajstić information content (AvgIpc) is 2.76. The summed E-state index contributed by atoms with van der Waals surface area (Å²) in [4.78, 5) is 11.8. The van der Waals surface area contributed by atoms with E-state index in [1.165, 1.54) is 12.1 Å². The molecule has 2 N–H and O–H groups in total. The van der Waals surface area contributed by atoms with Crippen molar-refractivity contribution in [3.8, 4) is 0 Å². The van der Waals surface area contributed by atoms with E-state index in [1.807, 2.05) is 6.92 Å². The molecular weight excluding hydrogens is 243 g/mol. The van der Waals surface area contributed by atoms with Crippen LogP contribution in [0.3, 0.4) is 0 Å². The van der Waals surface area contributed by atoms with Crippen LogP contribution in [0.4, 0.5) is 10.1 Å². The smallest absolute Gasteiger partial charge is 0.241 e. The predicted molar refractivity (Wildman–Crippen MR) is 68.0 cm³/mol. The van der Waals surface area contributed by atoms with E-state index in [0.717, 1.165) is 24.9 Å². The van der Waals surface area contributed by atoms with E-state index in [1.54, 1.807) is 6.07 Å². The van der Waals surface area contributed by atoms with Crippen LogP contribution in [0.15, 0.2) is 18.2 Å². The fourth-order valence-corrected chi connectivity index (χ4v) is 1.86. The van der Waals surface area contributed by atoms with E-state index in [4.69, 9.17) is 0 Å². The average molecular weight is 259 g/mol. The predicted octanol–water partition coefficient (Wildman–Crippen LogP) is 2.25. The van der Waals surface area contributed by atoms with E-state index in [2.05, 4.69) is 10.6 Å². The Kier molecular flexibility index (Phi) is 4.90. The number of rotatable bonds is 2. The normalized spacial score (nSPS) is 18.6. The second kappa shape index (κ2) is 5.98. The van der Waals surface area contributed by atoms with Crippen LogP contribution >= 0.6 is 12.4 Å². The second-order valence-corrected chi connectivity index (χ2v) is 4.10. The molecule has 1 atom stereocenters. The highest BCUT2D eigenvalue weighted by atomic mass is 35.5. The summed E-state index contributed by atoms with van der Waals surface area (Å²) in [6.07, 6.45) is 1.86. The number of carbonyl (C=O) groups is 1. The van der Waals surface area contributed by atoms with Gasteiger partial charge in [0.25, 0.3) is 0 Å². The third kappa shape index (κ3) is 3.41. The van der Waals surface area contributed by atoms with Gasteiger partial charge in [0.2, 0.25) is 5.91 Å². The lowest BCUT2D eigenvalue weighted by Gasteiger charge is -2.12. The zero-order valence-electron chi connectivity index (χ0n) is 9.63. The van der Waals surface area contributed by atoms with Gasteiger partial charge in [-0.3, -0.25) is 4.79 Å². The molecule has 1 aliphatic heterocycles. The SMILES string of the molecule is Cc1ccc(F)cc1NC(=O)[C@@H]1CCCN1.Cl. The van der Waals surface area contributed by atoms with Crippen molar-refractivity contribution in [2.45, 2.75) is 25.8 Å². The maximum atomic E-state index is 13.0. The van der Waals surface area contributed by atoms with E-state index >= 15 is 0 Å². The molecule has 5 heteroatoms. The van der Waals surface area contributed by atoms with Crippen molar-refractivity contribution in [3.05, 3.63) is 29.6 Å². The number of halogens is 2. The fourth-order valence-electron chi connectivity index (χ4n) is 1.86. The monoisotopic (exact) mass is 258 g/mol. The number of aryl methyl sites for hydroxylation is 1. The fraction of sp³-hybridized carbons (Fsp3) is 0.417. The van der Waals surface area contributed by atoms with E-state index < -0.39 is 0 Å². The molecule has 0 unspecified atom stereocenters. The summed E-state index contributed by atoms with van der Waals surface area (Å²) in [7, 11) is 0. The van der Waals surface area contributed by atoms with Crippen LogP contribution in [-0.2, 0) is 4.79 Å². The molecular formula is C12H16ClFN2O. The zero-order chi connectivity index (χ0) is 11.5. The first-order valence-corrected chi connectivity index (χ1v) is 5.47. The first kappa shape index (κ1) is 13.9. The summed E-state index contributed by atoms with van der Waals surface area (Å²) < 4.78 is 13.0. The number of hydrogen-bond acceptors (Lipinski definition) is 2.